The highest BCUT2D eigenvalue weighted by Gasteiger charge is 2.35. The summed E-state index contributed by atoms with van der Waals surface area (Å²) in [6.45, 7) is 2.80. The number of amides is 1. The van der Waals surface area contributed by atoms with Gasteiger partial charge in [0, 0.05) is 34.5 Å². The predicted molar refractivity (Wildman–Crippen MR) is 118 cm³/mol. The van der Waals surface area contributed by atoms with E-state index in [1.807, 2.05) is 12.1 Å². The van der Waals surface area contributed by atoms with Crippen molar-refractivity contribution in [3.63, 3.8) is 0 Å². The van der Waals surface area contributed by atoms with E-state index in [0.29, 0.717) is 6.04 Å². The summed E-state index contributed by atoms with van der Waals surface area (Å²) in [6.07, 6.45) is 6.82. The Morgan fingerprint density at radius 2 is 1.61 bits per heavy atom. The molecule has 1 amide bonds. The average Bonchev–Trinajstić information content (AvgIpc) is 3.08. The first kappa shape index (κ1) is 22.8. The van der Waals surface area contributed by atoms with E-state index in [9.17, 15) is 4.79 Å². The van der Waals surface area contributed by atoms with Crippen LogP contribution in [0.5, 0.6) is 0 Å². The number of anilines is 1. The molecule has 0 spiro atoms. The van der Waals surface area contributed by atoms with Crippen molar-refractivity contribution in [2.45, 2.75) is 60.9 Å². The fraction of sp³-hybridized carbons (Fsp3) is 0.409. The lowest BCUT2D eigenvalue weighted by Gasteiger charge is -2.34. The first-order chi connectivity index (χ1) is 12.7. The number of hydrogen-bond donors (Lipinski definition) is 1. The van der Waals surface area contributed by atoms with Crippen molar-refractivity contribution in [3.8, 4) is 0 Å². The van der Waals surface area contributed by atoms with Crippen LogP contribution in [0.25, 0.3) is 0 Å². The molecule has 2 atom stereocenters. The average molecular weight is 421 g/mol. The van der Waals surface area contributed by atoms with Gasteiger partial charge in [0.2, 0.25) is 5.91 Å². The summed E-state index contributed by atoms with van der Waals surface area (Å²) < 4.78 is 0. The molecule has 3 N–H and O–H groups in total. The maximum absolute atomic E-state index is 11.1. The van der Waals surface area contributed by atoms with E-state index in [1.54, 1.807) is 11.8 Å². The van der Waals surface area contributed by atoms with Crippen LogP contribution in [0, 0.1) is 0 Å². The maximum atomic E-state index is 11.1. The molecule has 4 nitrogen and oxygen atoms in total. The van der Waals surface area contributed by atoms with Gasteiger partial charge in [0.25, 0.3) is 0 Å². The Morgan fingerprint density at radius 3 is 2.25 bits per heavy atom. The summed E-state index contributed by atoms with van der Waals surface area (Å²) in [6, 6.07) is 18.6. The molecule has 2 aromatic carbocycles. The molecule has 6 heteroatoms. The van der Waals surface area contributed by atoms with Gasteiger partial charge in [-0.3, -0.25) is 9.69 Å². The molecule has 152 valence electrons. The number of benzene rings is 2. The molecule has 0 aliphatic carbocycles. The Kier molecular flexibility index (Phi) is 8.38. The normalized spacial score (nSPS) is 21.2. The minimum absolute atomic E-state index is 0. The Labute approximate surface area is 177 Å². The molecule has 0 bridgehead atoms. The summed E-state index contributed by atoms with van der Waals surface area (Å²) >= 11 is 1.76. The molecular weight excluding hydrogens is 392 g/mol. The summed E-state index contributed by atoms with van der Waals surface area (Å²) in [5.41, 5.74) is 2.31. The van der Waals surface area contributed by atoms with Gasteiger partial charge >= 0.3 is 0 Å². The van der Waals surface area contributed by atoms with E-state index in [0.717, 1.165) is 11.7 Å². The van der Waals surface area contributed by atoms with Crippen LogP contribution in [0.4, 0.5) is 5.69 Å². The van der Waals surface area contributed by atoms with E-state index in [-0.39, 0.29) is 23.8 Å². The molecule has 2 fully saturated rings. The zero-order chi connectivity index (χ0) is 17.9. The van der Waals surface area contributed by atoms with Crippen molar-refractivity contribution >= 4 is 35.8 Å². The largest absolute Gasteiger partial charge is 0.412 e. The summed E-state index contributed by atoms with van der Waals surface area (Å²) in [5, 5.41) is 2.80. The van der Waals surface area contributed by atoms with E-state index >= 15 is 0 Å². The second kappa shape index (κ2) is 10.3. The third-order valence-corrected chi connectivity index (χ3v) is 6.54. The van der Waals surface area contributed by atoms with E-state index in [4.69, 9.17) is 0 Å². The van der Waals surface area contributed by atoms with Crippen molar-refractivity contribution in [1.29, 1.82) is 0 Å². The number of carbonyl (C=O) groups excluding carboxylic acids is 1. The highest BCUT2D eigenvalue weighted by molar-refractivity contribution is 7.99. The molecule has 2 heterocycles. The highest BCUT2D eigenvalue weighted by atomic mass is 35.5. The molecule has 0 saturated carbocycles. The van der Waals surface area contributed by atoms with Gasteiger partial charge < -0.3 is 10.8 Å². The number of hydrogen-bond acceptors (Lipinski definition) is 3. The van der Waals surface area contributed by atoms with E-state index in [2.05, 4.69) is 46.6 Å². The first-order valence-corrected chi connectivity index (χ1v) is 10.4. The van der Waals surface area contributed by atoms with Gasteiger partial charge in [-0.05, 0) is 74.2 Å². The molecule has 2 unspecified atom stereocenters. The van der Waals surface area contributed by atoms with Gasteiger partial charge in [-0.25, -0.2) is 0 Å². The van der Waals surface area contributed by atoms with Gasteiger partial charge in [-0.1, -0.05) is 30.3 Å². The Bertz CT molecular complexity index is 767. The fourth-order valence-electron chi connectivity index (χ4n) is 4.32. The van der Waals surface area contributed by atoms with Crippen LogP contribution in [0.3, 0.4) is 0 Å². The molecule has 2 saturated heterocycles. The van der Waals surface area contributed by atoms with Gasteiger partial charge in [-0.2, -0.15) is 0 Å². The lowest BCUT2D eigenvalue weighted by Crippen LogP contribution is -2.35. The summed E-state index contributed by atoms with van der Waals surface area (Å²) in [7, 11) is 0. The van der Waals surface area contributed by atoms with E-state index in [1.165, 1.54) is 60.9 Å². The number of nitrogens with one attached hydrogen (secondary N) is 1. The molecule has 2 aliphatic rings. The van der Waals surface area contributed by atoms with Crippen LogP contribution in [0.15, 0.2) is 58.3 Å². The smallest absolute Gasteiger partial charge is 0.221 e. The number of fused-ring (bicyclic) bond motifs is 1. The SMILES string of the molecule is CC(=O)Nc1ccc(Sc2ccc(C3CCC4CCCCN43)cc2)cc1.Cl.O. The third-order valence-electron chi connectivity index (χ3n) is 5.52. The number of carbonyl (C=O) groups is 1. The van der Waals surface area contributed by atoms with Gasteiger partial charge in [0.15, 0.2) is 0 Å². The van der Waals surface area contributed by atoms with Gasteiger partial charge in [0.1, 0.15) is 0 Å². The van der Waals surface area contributed by atoms with Crippen LogP contribution in [-0.2, 0) is 4.79 Å². The third kappa shape index (κ3) is 5.29. The topological polar surface area (TPSA) is 63.8 Å². The predicted octanol–water partition coefficient (Wildman–Crippen LogP) is 5.08. The number of halogens is 1. The zero-order valence-electron chi connectivity index (χ0n) is 16.2. The van der Waals surface area contributed by atoms with Gasteiger partial charge in [-0.15, -0.1) is 12.4 Å². The monoisotopic (exact) mass is 420 g/mol. The minimum Gasteiger partial charge on any atom is -0.412 e. The zero-order valence-corrected chi connectivity index (χ0v) is 17.8. The van der Waals surface area contributed by atoms with Crippen LogP contribution in [-0.4, -0.2) is 28.9 Å². The number of piperidine rings is 1. The second-order valence-corrected chi connectivity index (χ2v) is 8.50. The molecule has 2 aromatic rings. The van der Waals surface area contributed by atoms with E-state index < -0.39 is 0 Å². The van der Waals surface area contributed by atoms with Gasteiger partial charge in [0.05, 0.1) is 0 Å². The summed E-state index contributed by atoms with van der Waals surface area (Å²) in [4.78, 5) is 16.3. The molecule has 0 aromatic heterocycles. The highest BCUT2D eigenvalue weighted by Crippen LogP contribution is 2.41. The van der Waals surface area contributed by atoms with Crippen molar-refractivity contribution in [3.05, 3.63) is 54.1 Å². The Balaban J connectivity index is 0.00000140. The van der Waals surface area contributed by atoms with Crippen LogP contribution in [0.1, 0.15) is 50.6 Å². The number of nitrogens with zero attached hydrogens (tertiary/aromatic N) is 1. The Hall–Kier alpha value is -1.53. The van der Waals surface area contributed by atoms with Crippen molar-refractivity contribution in [2.24, 2.45) is 0 Å². The van der Waals surface area contributed by atoms with Crippen LogP contribution in [0.2, 0.25) is 0 Å². The quantitative estimate of drug-likeness (QED) is 0.749. The molecule has 2 aliphatic heterocycles. The molecule has 28 heavy (non-hydrogen) atoms. The Morgan fingerprint density at radius 1 is 0.964 bits per heavy atom. The lowest BCUT2D eigenvalue weighted by atomic mass is 10.0. The number of rotatable bonds is 4. The summed E-state index contributed by atoms with van der Waals surface area (Å²) in [5.74, 6) is -0.0381. The van der Waals surface area contributed by atoms with Crippen molar-refractivity contribution in [2.75, 3.05) is 11.9 Å². The molecule has 4 rings (SSSR count). The molecule has 0 radical (unpaired) electrons. The van der Waals surface area contributed by atoms with Crippen molar-refractivity contribution in [1.82, 2.24) is 4.90 Å². The van der Waals surface area contributed by atoms with Crippen molar-refractivity contribution < 1.29 is 10.3 Å². The minimum atomic E-state index is -0.0381. The standard InChI is InChI=1S/C22H26N2OS.ClH.H2O/c1-16(25)23-18-7-12-21(13-8-18)26-20-10-5-17(6-11-20)22-14-9-19-4-2-3-15-24(19)22;;/h5-8,10-13,19,22H,2-4,9,14-15H2,1H3,(H,23,25);1H;1H2. The molecular formula is C22H29ClN2O2S. The first-order valence-electron chi connectivity index (χ1n) is 9.60. The fourth-order valence-corrected chi connectivity index (χ4v) is 5.14. The van der Waals surface area contributed by atoms with Crippen LogP contribution >= 0.6 is 24.2 Å². The lowest BCUT2D eigenvalue weighted by molar-refractivity contribution is -0.114. The second-order valence-electron chi connectivity index (χ2n) is 7.36. The van der Waals surface area contributed by atoms with Crippen LogP contribution < -0.4 is 5.32 Å². The maximum Gasteiger partial charge on any atom is 0.221 e.